The van der Waals surface area contributed by atoms with E-state index in [-0.39, 0.29) is 24.5 Å². The molecular formula is C14H27N3O4. The fourth-order valence-electron chi connectivity index (χ4n) is 2.10. The number of nitrogens with one attached hydrogen (secondary N) is 1. The quantitative estimate of drug-likeness (QED) is 0.685. The van der Waals surface area contributed by atoms with E-state index in [0.717, 1.165) is 13.0 Å². The smallest absolute Gasteiger partial charge is 0.317 e. The maximum Gasteiger partial charge on any atom is 0.317 e. The first kappa shape index (κ1) is 17.7. The van der Waals surface area contributed by atoms with Gasteiger partial charge in [0.2, 0.25) is 0 Å². The molecule has 1 N–H and O–H groups in total. The Kier molecular flexibility index (Phi) is 8.07. The summed E-state index contributed by atoms with van der Waals surface area (Å²) >= 11 is 0. The largest absolute Gasteiger partial charge is 0.466 e. The lowest BCUT2D eigenvalue weighted by Gasteiger charge is -2.33. The summed E-state index contributed by atoms with van der Waals surface area (Å²) in [6, 6.07) is -0.141. The van der Waals surface area contributed by atoms with Crippen molar-refractivity contribution in [1.29, 1.82) is 0 Å². The van der Waals surface area contributed by atoms with Gasteiger partial charge in [-0.2, -0.15) is 0 Å². The normalized spacial score (nSPS) is 18.7. The molecule has 7 nitrogen and oxygen atoms in total. The van der Waals surface area contributed by atoms with E-state index in [1.807, 2.05) is 14.1 Å². The molecule has 0 saturated carbocycles. The molecule has 7 heteroatoms. The molecule has 1 atom stereocenters. The Hall–Kier alpha value is -1.34. The molecule has 0 aromatic heterocycles. The predicted octanol–water partition coefficient (Wildman–Crippen LogP) is 0.302. The highest BCUT2D eigenvalue weighted by Crippen LogP contribution is 2.09. The van der Waals surface area contributed by atoms with E-state index in [1.165, 1.54) is 0 Å². The van der Waals surface area contributed by atoms with Crippen LogP contribution in [-0.2, 0) is 14.3 Å². The number of urea groups is 1. The van der Waals surface area contributed by atoms with Gasteiger partial charge in [-0.25, -0.2) is 4.79 Å². The number of amides is 2. The first-order valence-corrected chi connectivity index (χ1v) is 7.47. The molecule has 0 aromatic carbocycles. The summed E-state index contributed by atoms with van der Waals surface area (Å²) in [5.74, 6) is -0.288. The van der Waals surface area contributed by atoms with Gasteiger partial charge in [0.1, 0.15) is 0 Å². The van der Waals surface area contributed by atoms with Crippen molar-refractivity contribution in [3.8, 4) is 0 Å². The van der Waals surface area contributed by atoms with E-state index >= 15 is 0 Å². The molecule has 0 spiro atoms. The second-order valence-corrected chi connectivity index (χ2v) is 5.32. The van der Waals surface area contributed by atoms with Crippen LogP contribution < -0.4 is 5.32 Å². The van der Waals surface area contributed by atoms with Crippen LogP contribution in [0.15, 0.2) is 0 Å². The first-order chi connectivity index (χ1) is 10.0. The van der Waals surface area contributed by atoms with Crippen LogP contribution in [0.25, 0.3) is 0 Å². The molecule has 1 aliphatic heterocycles. The summed E-state index contributed by atoms with van der Waals surface area (Å²) < 4.78 is 10.5. The minimum absolute atomic E-state index is 0.0805. The summed E-state index contributed by atoms with van der Waals surface area (Å²) in [4.78, 5) is 27.1. The van der Waals surface area contributed by atoms with Crippen molar-refractivity contribution in [2.75, 3.05) is 53.5 Å². The minimum Gasteiger partial charge on any atom is -0.466 e. The maximum atomic E-state index is 12.0. The highest BCUT2D eigenvalue weighted by Gasteiger charge is 2.24. The van der Waals surface area contributed by atoms with E-state index in [0.29, 0.717) is 32.8 Å². The topological polar surface area (TPSA) is 71.1 Å². The number of ether oxygens (including phenoxy) is 2. The number of carbonyl (C=O) groups excluding carboxylic acids is 2. The van der Waals surface area contributed by atoms with Gasteiger partial charge in [-0.1, -0.05) is 0 Å². The van der Waals surface area contributed by atoms with E-state index in [1.54, 1.807) is 11.8 Å². The van der Waals surface area contributed by atoms with Crippen LogP contribution in [0.1, 0.15) is 19.8 Å². The van der Waals surface area contributed by atoms with Gasteiger partial charge in [-0.3, -0.25) is 4.79 Å². The van der Waals surface area contributed by atoms with Crippen molar-refractivity contribution in [1.82, 2.24) is 15.1 Å². The molecule has 0 bridgehead atoms. The molecule has 1 saturated heterocycles. The molecule has 0 aliphatic carbocycles. The average Bonchev–Trinajstić information content (AvgIpc) is 2.45. The Morgan fingerprint density at radius 1 is 1.43 bits per heavy atom. The second-order valence-electron chi connectivity index (χ2n) is 5.32. The monoisotopic (exact) mass is 301 g/mol. The molecule has 122 valence electrons. The molecule has 2 amide bonds. The molecular weight excluding hydrogens is 274 g/mol. The zero-order valence-corrected chi connectivity index (χ0v) is 13.3. The maximum absolute atomic E-state index is 12.0. The Morgan fingerprint density at radius 2 is 2.19 bits per heavy atom. The van der Waals surface area contributed by atoms with Gasteiger partial charge < -0.3 is 24.6 Å². The van der Waals surface area contributed by atoms with Gasteiger partial charge in [0.05, 0.1) is 25.7 Å². The number of carbonyl (C=O) groups is 2. The van der Waals surface area contributed by atoms with Crippen LogP contribution in [0.3, 0.4) is 0 Å². The molecule has 1 rings (SSSR count). The molecule has 1 aliphatic rings. The number of nitrogens with zero attached hydrogens (tertiary/aromatic N) is 2. The Labute approximate surface area is 126 Å². The second kappa shape index (κ2) is 9.57. The zero-order valence-electron chi connectivity index (χ0n) is 13.3. The van der Waals surface area contributed by atoms with Crippen molar-refractivity contribution < 1.29 is 19.1 Å². The van der Waals surface area contributed by atoms with Crippen molar-refractivity contribution in [3.63, 3.8) is 0 Å². The molecule has 21 heavy (non-hydrogen) atoms. The van der Waals surface area contributed by atoms with Crippen LogP contribution in [0.4, 0.5) is 4.79 Å². The summed E-state index contributed by atoms with van der Waals surface area (Å²) in [6.45, 7) is 5.11. The fraction of sp³-hybridized carbons (Fsp3) is 0.857. The van der Waals surface area contributed by atoms with Gasteiger partial charge in [0.15, 0.2) is 0 Å². The van der Waals surface area contributed by atoms with Crippen molar-refractivity contribution in [2.24, 2.45) is 0 Å². The van der Waals surface area contributed by atoms with E-state index < -0.39 is 0 Å². The number of esters is 1. The zero-order chi connectivity index (χ0) is 15.7. The van der Waals surface area contributed by atoms with Gasteiger partial charge in [0.25, 0.3) is 0 Å². The summed E-state index contributed by atoms with van der Waals surface area (Å²) in [7, 11) is 4.03. The van der Waals surface area contributed by atoms with Gasteiger partial charge in [-0.15, -0.1) is 0 Å². The highest BCUT2D eigenvalue weighted by atomic mass is 16.5. The van der Waals surface area contributed by atoms with E-state index in [2.05, 4.69) is 10.2 Å². The summed E-state index contributed by atoms with van der Waals surface area (Å²) in [6.07, 6.45) is 1.19. The number of rotatable bonds is 7. The molecule has 0 radical (unpaired) electrons. The summed E-state index contributed by atoms with van der Waals surface area (Å²) in [5, 5.41) is 2.75. The van der Waals surface area contributed by atoms with Crippen LogP contribution in [0.5, 0.6) is 0 Å². The lowest BCUT2D eigenvalue weighted by Crippen LogP contribution is -2.50. The Balaban J connectivity index is 2.25. The van der Waals surface area contributed by atoms with E-state index in [9.17, 15) is 9.59 Å². The third-order valence-corrected chi connectivity index (χ3v) is 3.23. The van der Waals surface area contributed by atoms with Crippen LogP contribution >= 0.6 is 0 Å². The van der Waals surface area contributed by atoms with Gasteiger partial charge in [-0.05, 0) is 27.4 Å². The third-order valence-electron chi connectivity index (χ3n) is 3.23. The van der Waals surface area contributed by atoms with Crippen molar-refractivity contribution in [2.45, 2.75) is 25.9 Å². The minimum atomic E-state index is -0.288. The Morgan fingerprint density at radius 3 is 2.86 bits per heavy atom. The standard InChI is InChI=1S/C14H27N3O4/c1-4-20-13(18)5-7-15-14(19)17-9-10-21-12(11-17)6-8-16(2)3/h12H,4-11H2,1-3H3,(H,15,19). The van der Waals surface area contributed by atoms with Crippen LogP contribution in [-0.4, -0.2) is 81.4 Å². The van der Waals surface area contributed by atoms with Crippen LogP contribution in [0.2, 0.25) is 0 Å². The van der Waals surface area contributed by atoms with Gasteiger partial charge in [0, 0.05) is 26.2 Å². The number of morpholine rings is 1. The Bertz CT molecular complexity index is 336. The fourth-order valence-corrected chi connectivity index (χ4v) is 2.10. The average molecular weight is 301 g/mol. The van der Waals surface area contributed by atoms with Gasteiger partial charge >= 0.3 is 12.0 Å². The SMILES string of the molecule is CCOC(=O)CCNC(=O)N1CCOC(CCN(C)C)C1. The van der Waals surface area contributed by atoms with Crippen molar-refractivity contribution >= 4 is 12.0 Å². The molecule has 1 unspecified atom stereocenters. The van der Waals surface area contributed by atoms with Crippen molar-refractivity contribution in [3.05, 3.63) is 0 Å². The molecule has 0 aromatic rings. The lowest BCUT2D eigenvalue weighted by atomic mass is 10.2. The predicted molar refractivity (Wildman–Crippen MR) is 79.1 cm³/mol. The first-order valence-electron chi connectivity index (χ1n) is 7.47. The summed E-state index contributed by atoms with van der Waals surface area (Å²) in [5.41, 5.74) is 0. The number of hydrogen-bond donors (Lipinski definition) is 1. The number of hydrogen-bond acceptors (Lipinski definition) is 5. The van der Waals surface area contributed by atoms with E-state index in [4.69, 9.17) is 9.47 Å². The molecule has 1 fully saturated rings. The lowest BCUT2D eigenvalue weighted by molar-refractivity contribution is -0.142. The highest BCUT2D eigenvalue weighted by molar-refractivity contribution is 5.75. The third kappa shape index (κ3) is 7.29. The molecule has 1 heterocycles. The van der Waals surface area contributed by atoms with Crippen LogP contribution in [0, 0.1) is 0 Å².